The topological polar surface area (TPSA) is 26.3 Å². The second-order valence-corrected chi connectivity index (χ2v) is 3.06. The number of carbonyl (C=O) groups is 1. The van der Waals surface area contributed by atoms with Gasteiger partial charge in [-0.3, -0.25) is 0 Å². The third kappa shape index (κ3) is 3.74. The summed E-state index contributed by atoms with van der Waals surface area (Å²) in [5.41, 5.74) is 0. The maximum Gasteiger partial charge on any atom is 0.120 e. The lowest BCUT2D eigenvalue weighted by Gasteiger charge is -2.09. The molecule has 0 heterocycles. The molecule has 0 saturated carbocycles. The molecule has 0 N–H and O–H groups in total. The van der Waals surface area contributed by atoms with Crippen LogP contribution in [0.15, 0.2) is 24.3 Å². The number of aldehydes is 1. The Kier molecular flexibility index (Phi) is 4.03. The Morgan fingerprint density at radius 1 is 1.69 bits per heavy atom. The molecular formula is C11H13O2. The molecule has 0 aromatic heterocycles. The van der Waals surface area contributed by atoms with Crippen LogP contribution in [0.25, 0.3) is 0 Å². The Morgan fingerprint density at radius 2 is 2.54 bits per heavy atom. The van der Waals surface area contributed by atoms with Crippen molar-refractivity contribution in [3.63, 3.8) is 0 Å². The Balaban J connectivity index is 2.30. The van der Waals surface area contributed by atoms with E-state index in [1.54, 1.807) is 6.07 Å². The van der Waals surface area contributed by atoms with E-state index in [9.17, 15) is 4.79 Å². The molecule has 13 heavy (non-hydrogen) atoms. The summed E-state index contributed by atoms with van der Waals surface area (Å²) < 4.78 is 5.43. The van der Waals surface area contributed by atoms with E-state index in [1.165, 1.54) is 0 Å². The van der Waals surface area contributed by atoms with Crippen LogP contribution >= 0.6 is 0 Å². The normalized spacial score (nSPS) is 12.1. The first-order valence-electron chi connectivity index (χ1n) is 4.35. The fourth-order valence-corrected chi connectivity index (χ4v) is 0.937. The summed E-state index contributed by atoms with van der Waals surface area (Å²) in [6, 6.07) is 10.3. The van der Waals surface area contributed by atoms with Gasteiger partial charge < -0.3 is 9.53 Å². The van der Waals surface area contributed by atoms with Gasteiger partial charge in [-0.15, -0.1) is 0 Å². The van der Waals surface area contributed by atoms with Crippen molar-refractivity contribution in [1.82, 2.24) is 0 Å². The van der Waals surface area contributed by atoms with Gasteiger partial charge in [0.1, 0.15) is 12.0 Å². The average molecular weight is 177 g/mol. The molecule has 2 heteroatoms. The summed E-state index contributed by atoms with van der Waals surface area (Å²) in [5, 5.41) is 0. The Bertz CT molecular complexity index is 244. The Labute approximate surface area is 78.5 Å². The molecule has 1 atom stereocenters. The lowest BCUT2D eigenvalue weighted by molar-refractivity contribution is -0.108. The van der Waals surface area contributed by atoms with Crippen LogP contribution in [0.3, 0.4) is 0 Å². The van der Waals surface area contributed by atoms with Crippen molar-refractivity contribution in [3.8, 4) is 5.75 Å². The van der Waals surface area contributed by atoms with Crippen molar-refractivity contribution in [2.75, 3.05) is 6.61 Å². The van der Waals surface area contributed by atoms with Gasteiger partial charge in [-0.1, -0.05) is 19.1 Å². The van der Waals surface area contributed by atoms with E-state index in [2.05, 4.69) is 6.07 Å². The lowest BCUT2D eigenvalue weighted by atomic mass is 10.1. The summed E-state index contributed by atoms with van der Waals surface area (Å²) in [6.45, 7) is 2.57. The molecule has 0 saturated heterocycles. The molecule has 0 fully saturated rings. The van der Waals surface area contributed by atoms with Crippen LogP contribution < -0.4 is 4.74 Å². The first-order valence-corrected chi connectivity index (χ1v) is 4.35. The molecule has 2 nitrogen and oxygen atoms in total. The zero-order valence-electron chi connectivity index (χ0n) is 7.69. The number of hydrogen-bond donors (Lipinski definition) is 0. The van der Waals surface area contributed by atoms with E-state index in [0.717, 1.165) is 12.0 Å². The van der Waals surface area contributed by atoms with Gasteiger partial charge >= 0.3 is 0 Å². The molecular weight excluding hydrogens is 164 g/mol. The zero-order valence-corrected chi connectivity index (χ0v) is 7.69. The van der Waals surface area contributed by atoms with Crippen molar-refractivity contribution < 1.29 is 9.53 Å². The summed E-state index contributed by atoms with van der Waals surface area (Å²) in [6.07, 6.45) is 1.47. The van der Waals surface area contributed by atoms with Crippen molar-refractivity contribution in [3.05, 3.63) is 30.3 Å². The van der Waals surface area contributed by atoms with Crippen molar-refractivity contribution in [2.45, 2.75) is 13.3 Å². The van der Waals surface area contributed by atoms with Crippen LogP contribution in [0.2, 0.25) is 0 Å². The van der Waals surface area contributed by atoms with Crippen molar-refractivity contribution in [2.24, 2.45) is 5.92 Å². The third-order valence-electron chi connectivity index (χ3n) is 1.71. The molecule has 0 spiro atoms. The quantitative estimate of drug-likeness (QED) is 0.644. The molecule has 0 aliphatic rings. The van der Waals surface area contributed by atoms with E-state index in [1.807, 2.05) is 25.1 Å². The van der Waals surface area contributed by atoms with Crippen molar-refractivity contribution in [1.29, 1.82) is 0 Å². The zero-order chi connectivity index (χ0) is 9.52. The number of benzene rings is 1. The second kappa shape index (κ2) is 5.36. The predicted octanol–water partition coefficient (Wildman–Crippen LogP) is 2.09. The minimum absolute atomic E-state index is 0.276. The van der Waals surface area contributed by atoms with Crippen LogP contribution in [-0.4, -0.2) is 12.9 Å². The summed E-state index contributed by atoms with van der Waals surface area (Å²) in [7, 11) is 0. The minimum Gasteiger partial charge on any atom is -0.493 e. The highest BCUT2D eigenvalue weighted by Crippen LogP contribution is 2.10. The van der Waals surface area contributed by atoms with E-state index in [4.69, 9.17) is 4.74 Å². The smallest absolute Gasteiger partial charge is 0.120 e. The van der Waals surface area contributed by atoms with Gasteiger partial charge in [-0.2, -0.15) is 0 Å². The highest BCUT2D eigenvalue weighted by atomic mass is 16.5. The van der Waals surface area contributed by atoms with Crippen LogP contribution in [0.5, 0.6) is 5.75 Å². The van der Waals surface area contributed by atoms with E-state index in [0.29, 0.717) is 13.0 Å². The second-order valence-electron chi connectivity index (χ2n) is 3.06. The number of rotatable bonds is 5. The van der Waals surface area contributed by atoms with Gasteiger partial charge in [0, 0.05) is 6.42 Å². The summed E-state index contributed by atoms with van der Waals surface area (Å²) >= 11 is 0. The van der Waals surface area contributed by atoms with Crippen LogP contribution in [0.4, 0.5) is 0 Å². The van der Waals surface area contributed by atoms with E-state index in [-0.39, 0.29) is 5.92 Å². The molecule has 1 aromatic carbocycles. The standard InChI is InChI=1S/C11H13O2/c1-10(7-8-12)9-13-11-5-3-2-4-6-11/h2-3,5-6,8,10H,7,9H2,1H3. The van der Waals surface area contributed by atoms with Gasteiger partial charge in [0.25, 0.3) is 0 Å². The number of carbonyl (C=O) groups excluding carboxylic acids is 1. The van der Waals surface area contributed by atoms with Gasteiger partial charge in [-0.25, -0.2) is 0 Å². The highest BCUT2D eigenvalue weighted by Gasteiger charge is 2.01. The molecule has 1 radical (unpaired) electrons. The summed E-state index contributed by atoms with van der Waals surface area (Å²) in [5.74, 6) is 1.08. The molecule has 1 unspecified atom stereocenters. The molecule has 0 aliphatic heterocycles. The summed E-state index contributed by atoms with van der Waals surface area (Å²) in [4.78, 5) is 10.2. The lowest BCUT2D eigenvalue weighted by Crippen LogP contribution is -2.08. The monoisotopic (exact) mass is 177 g/mol. The average Bonchev–Trinajstić information content (AvgIpc) is 2.17. The fraction of sp³-hybridized carbons (Fsp3) is 0.364. The van der Waals surface area contributed by atoms with Gasteiger partial charge in [0.2, 0.25) is 0 Å². The fourth-order valence-electron chi connectivity index (χ4n) is 0.937. The predicted molar refractivity (Wildman–Crippen MR) is 50.6 cm³/mol. The molecule has 0 amide bonds. The van der Waals surface area contributed by atoms with E-state index >= 15 is 0 Å². The highest BCUT2D eigenvalue weighted by molar-refractivity contribution is 5.49. The molecule has 1 rings (SSSR count). The minimum atomic E-state index is 0.276. The first-order chi connectivity index (χ1) is 6.33. The van der Waals surface area contributed by atoms with Crippen LogP contribution in [0.1, 0.15) is 13.3 Å². The number of ether oxygens (including phenoxy) is 1. The Morgan fingerprint density at radius 3 is 3.15 bits per heavy atom. The van der Waals surface area contributed by atoms with Gasteiger partial charge in [0.15, 0.2) is 0 Å². The Hall–Kier alpha value is -1.31. The largest absolute Gasteiger partial charge is 0.493 e. The molecule has 0 aliphatic carbocycles. The number of hydrogen-bond acceptors (Lipinski definition) is 2. The maximum absolute atomic E-state index is 10.2. The van der Waals surface area contributed by atoms with Gasteiger partial charge in [-0.05, 0) is 24.1 Å². The molecule has 1 aromatic rings. The maximum atomic E-state index is 10.2. The molecule has 0 bridgehead atoms. The van der Waals surface area contributed by atoms with Crippen LogP contribution in [0, 0.1) is 12.0 Å². The van der Waals surface area contributed by atoms with Gasteiger partial charge in [0.05, 0.1) is 6.61 Å². The van der Waals surface area contributed by atoms with Crippen LogP contribution in [-0.2, 0) is 4.79 Å². The third-order valence-corrected chi connectivity index (χ3v) is 1.71. The SMILES string of the molecule is CC(CC=O)COc1c[c]ccc1. The molecule has 69 valence electrons. The van der Waals surface area contributed by atoms with Crippen molar-refractivity contribution >= 4 is 6.29 Å². The van der Waals surface area contributed by atoms with E-state index < -0.39 is 0 Å². The first kappa shape index (κ1) is 9.78.